The average Bonchev–Trinajstić information content (AvgIpc) is 2.28. The molecule has 16 heavy (non-hydrogen) atoms. The first-order chi connectivity index (χ1) is 7.65. The number of benzene rings is 1. The van der Waals surface area contributed by atoms with E-state index in [0.717, 1.165) is 5.56 Å². The van der Waals surface area contributed by atoms with Crippen molar-refractivity contribution in [1.82, 2.24) is 5.32 Å². The zero-order valence-electron chi connectivity index (χ0n) is 10.1. The lowest BCUT2D eigenvalue weighted by molar-refractivity contribution is 0.0987. The number of ether oxygens (including phenoxy) is 2. The molecule has 0 aliphatic carbocycles. The van der Waals surface area contributed by atoms with Gasteiger partial charge in [-0.05, 0) is 25.6 Å². The molecule has 0 saturated heterocycles. The first-order valence-corrected chi connectivity index (χ1v) is 5.05. The van der Waals surface area contributed by atoms with E-state index in [4.69, 9.17) is 9.47 Å². The van der Waals surface area contributed by atoms with Crippen LogP contribution in [0.3, 0.4) is 0 Å². The molecule has 4 nitrogen and oxygen atoms in total. The minimum atomic E-state index is -0.0418. The Balaban J connectivity index is 3.30. The Labute approximate surface area is 95.6 Å². The van der Waals surface area contributed by atoms with Gasteiger partial charge < -0.3 is 14.8 Å². The van der Waals surface area contributed by atoms with E-state index in [-0.39, 0.29) is 12.3 Å². The predicted molar refractivity (Wildman–Crippen MR) is 62.5 cm³/mol. The van der Waals surface area contributed by atoms with Gasteiger partial charge in [-0.25, -0.2) is 0 Å². The summed E-state index contributed by atoms with van der Waals surface area (Å²) in [7, 11) is 4.82. The fraction of sp³-hybridized carbons (Fsp3) is 0.417. The summed E-state index contributed by atoms with van der Waals surface area (Å²) in [4.78, 5) is 11.9. The van der Waals surface area contributed by atoms with Crippen molar-refractivity contribution in [1.29, 1.82) is 0 Å². The van der Waals surface area contributed by atoms with Crippen LogP contribution in [0.15, 0.2) is 12.1 Å². The van der Waals surface area contributed by atoms with Gasteiger partial charge in [0.05, 0.1) is 20.8 Å². The Morgan fingerprint density at radius 2 is 2.00 bits per heavy atom. The number of likely N-dealkylation sites (N-methyl/N-ethyl adjacent to an activating group) is 1. The van der Waals surface area contributed by atoms with Crippen LogP contribution in [0.25, 0.3) is 0 Å². The molecule has 0 spiro atoms. The molecule has 1 aromatic carbocycles. The summed E-state index contributed by atoms with van der Waals surface area (Å²) < 4.78 is 10.4. The maximum absolute atomic E-state index is 11.9. The summed E-state index contributed by atoms with van der Waals surface area (Å²) >= 11 is 0. The van der Waals surface area contributed by atoms with Crippen LogP contribution in [-0.4, -0.2) is 33.6 Å². The van der Waals surface area contributed by atoms with Crippen LogP contribution < -0.4 is 14.8 Å². The van der Waals surface area contributed by atoms with E-state index in [1.54, 1.807) is 27.3 Å². The number of nitrogens with one attached hydrogen (secondary N) is 1. The van der Waals surface area contributed by atoms with E-state index < -0.39 is 0 Å². The molecule has 0 bridgehead atoms. The Kier molecular flexibility index (Phi) is 4.31. The molecule has 0 aliphatic rings. The van der Waals surface area contributed by atoms with Crippen molar-refractivity contribution in [3.63, 3.8) is 0 Å². The Morgan fingerprint density at radius 3 is 2.50 bits per heavy atom. The maximum Gasteiger partial charge on any atom is 0.184 e. The molecule has 0 fully saturated rings. The van der Waals surface area contributed by atoms with Gasteiger partial charge in [-0.3, -0.25) is 4.79 Å². The highest BCUT2D eigenvalue weighted by molar-refractivity contribution is 6.03. The summed E-state index contributed by atoms with van der Waals surface area (Å²) in [6.07, 6.45) is 0. The zero-order valence-corrected chi connectivity index (χ0v) is 10.1. The molecule has 0 heterocycles. The maximum atomic E-state index is 11.9. The first kappa shape index (κ1) is 12.5. The fourth-order valence-electron chi connectivity index (χ4n) is 1.61. The van der Waals surface area contributed by atoms with Gasteiger partial charge in [-0.2, -0.15) is 0 Å². The quantitative estimate of drug-likeness (QED) is 0.767. The largest absolute Gasteiger partial charge is 0.496 e. The number of aryl methyl sites for hydroxylation is 1. The highest BCUT2D eigenvalue weighted by atomic mass is 16.5. The second kappa shape index (κ2) is 5.51. The molecule has 0 atom stereocenters. The predicted octanol–water partition coefficient (Wildman–Crippen LogP) is 1.41. The standard InChI is InChI=1S/C12H17NO3/c1-8-5-6-10(15-3)11(12(8)16-4)9(14)7-13-2/h5-6,13H,7H2,1-4H3. The molecule has 0 saturated carbocycles. The highest BCUT2D eigenvalue weighted by Crippen LogP contribution is 2.31. The second-order valence-corrected chi connectivity index (χ2v) is 3.45. The van der Waals surface area contributed by atoms with E-state index in [2.05, 4.69) is 5.32 Å². The molecule has 4 heteroatoms. The SMILES string of the molecule is CNCC(=O)c1c(OC)ccc(C)c1OC. The van der Waals surface area contributed by atoms with Crippen molar-refractivity contribution in [2.75, 3.05) is 27.8 Å². The summed E-state index contributed by atoms with van der Waals surface area (Å²) in [6, 6.07) is 3.65. The zero-order chi connectivity index (χ0) is 12.1. The molecular formula is C12H17NO3. The van der Waals surface area contributed by atoms with Crippen molar-refractivity contribution >= 4 is 5.78 Å². The first-order valence-electron chi connectivity index (χ1n) is 5.05. The van der Waals surface area contributed by atoms with Gasteiger partial charge in [0.2, 0.25) is 0 Å². The fourth-order valence-corrected chi connectivity index (χ4v) is 1.61. The molecule has 1 rings (SSSR count). The second-order valence-electron chi connectivity index (χ2n) is 3.45. The number of hydrogen-bond donors (Lipinski definition) is 1. The third-order valence-electron chi connectivity index (χ3n) is 2.36. The van der Waals surface area contributed by atoms with Gasteiger partial charge in [0.1, 0.15) is 17.1 Å². The lowest BCUT2D eigenvalue weighted by atomic mass is 10.0. The third-order valence-corrected chi connectivity index (χ3v) is 2.36. The molecule has 88 valence electrons. The van der Waals surface area contributed by atoms with Crippen molar-refractivity contribution in [3.8, 4) is 11.5 Å². The van der Waals surface area contributed by atoms with E-state index in [0.29, 0.717) is 17.1 Å². The summed E-state index contributed by atoms with van der Waals surface area (Å²) in [5, 5.41) is 2.83. The molecule has 0 aromatic heterocycles. The monoisotopic (exact) mass is 223 g/mol. The normalized spacial score (nSPS) is 10.0. The lowest BCUT2D eigenvalue weighted by Gasteiger charge is -2.14. The van der Waals surface area contributed by atoms with Crippen LogP contribution in [-0.2, 0) is 0 Å². The number of rotatable bonds is 5. The number of ketones is 1. The Hall–Kier alpha value is -1.55. The summed E-state index contributed by atoms with van der Waals surface area (Å²) in [5.74, 6) is 1.09. The number of carbonyl (C=O) groups is 1. The van der Waals surface area contributed by atoms with Gasteiger partial charge in [-0.1, -0.05) is 6.07 Å². The molecular weight excluding hydrogens is 206 g/mol. The number of hydrogen-bond acceptors (Lipinski definition) is 4. The smallest absolute Gasteiger partial charge is 0.184 e. The lowest BCUT2D eigenvalue weighted by Crippen LogP contribution is -2.20. The van der Waals surface area contributed by atoms with Crippen LogP contribution >= 0.6 is 0 Å². The molecule has 0 aliphatic heterocycles. The minimum Gasteiger partial charge on any atom is -0.496 e. The third kappa shape index (κ3) is 2.33. The molecule has 0 unspecified atom stereocenters. The van der Waals surface area contributed by atoms with E-state index in [1.165, 1.54) is 0 Å². The van der Waals surface area contributed by atoms with Crippen LogP contribution in [0.2, 0.25) is 0 Å². The van der Waals surface area contributed by atoms with E-state index >= 15 is 0 Å². The van der Waals surface area contributed by atoms with Crippen molar-refractivity contribution in [3.05, 3.63) is 23.3 Å². The van der Waals surface area contributed by atoms with Crippen molar-refractivity contribution in [2.24, 2.45) is 0 Å². The highest BCUT2D eigenvalue weighted by Gasteiger charge is 2.19. The van der Waals surface area contributed by atoms with Crippen LogP contribution in [0.5, 0.6) is 11.5 Å². The topological polar surface area (TPSA) is 47.6 Å². The molecule has 0 radical (unpaired) electrons. The average molecular weight is 223 g/mol. The van der Waals surface area contributed by atoms with Gasteiger partial charge in [0.15, 0.2) is 5.78 Å². The Morgan fingerprint density at radius 1 is 1.31 bits per heavy atom. The number of Topliss-reactive ketones (excluding diaryl/α,β-unsaturated/α-hetero) is 1. The van der Waals surface area contributed by atoms with Gasteiger partial charge >= 0.3 is 0 Å². The summed E-state index contributed by atoms with van der Waals surface area (Å²) in [5.41, 5.74) is 1.42. The molecule has 0 amide bonds. The van der Waals surface area contributed by atoms with E-state index in [9.17, 15) is 4.79 Å². The molecule has 1 N–H and O–H groups in total. The van der Waals surface area contributed by atoms with Crippen LogP contribution in [0.1, 0.15) is 15.9 Å². The molecule has 1 aromatic rings. The Bertz CT molecular complexity index is 388. The summed E-state index contributed by atoms with van der Waals surface area (Å²) in [6.45, 7) is 2.16. The van der Waals surface area contributed by atoms with E-state index in [1.807, 2.05) is 13.0 Å². The number of methoxy groups -OCH3 is 2. The minimum absolute atomic E-state index is 0.0418. The van der Waals surface area contributed by atoms with Gasteiger partial charge in [-0.15, -0.1) is 0 Å². The number of carbonyl (C=O) groups excluding carboxylic acids is 1. The van der Waals surface area contributed by atoms with Crippen molar-refractivity contribution < 1.29 is 14.3 Å². The van der Waals surface area contributed by atoms with Gasteiger partial charge in [0.25, 0.3) is 0 Å². The van der Waals surface area contributed by atoms with Gasteiger partial charge in [0, 0.05) is 0 Å². The van der Waals surface area contributed by atoms with Crippen LogP contribution in [0.4, 0.5) is 0 Å². The van der Waals surface area contributed by atoms with Crippen molar-refractivity contribution in [2.45, 2.75) is 6.92 Å². The van der Waals surface area contributed by atoms with Crippen LogP contribution in [0, 0.1) is 6.92 Å².